The fourth-order valence-corrected chi connectivity index (χ4v) is 3.84. The smallest absolute Gasteiger partial charge is 0.301 e. The van der Waals surface area contributed by atoms with Crippen LogP contribution in [-0.2, 0) is 15.0 Å². The zero-order chi connectivity index (χ0) is 16.3. The zero-order valence-corrected chi connectivity index (χ0v) is 13.7. The number of amides is 1. The minimum Gasteiger partial charge on any atom is -0.495 e. The van der Waals surface area contributed by atoms with Crippen molar-refractivity contribution in [2.45, 2.75) is 12.8 Å². The van der Waals surface area contributed by atoms with Gasteiger partial charge in [-0.2, -0.15) is 12.7 Å². The van der Waals surface area contributed by atoms with E-state index in [-0.39, 0.29) is 12.2 Å². The third-order valence-electron chi connectivity index (χ3n) is 3.53. The van der Waals surface area contributed by atoms with Gasteiger partial charge >= 0.3 is 10.2 Å². The largest absolute Gasteiger partial charge is 0.495 e. The van der Waals surface area contributed by atoms with Crippen molar-refractivity contribution in [3.63, 3.8) is 0 Å². The lowest BCUT2D eigenvalue weighted by atomic mass is 9.99. The Labute approximate surface area is 134 Å². The summed E-state index contributed by atoms with van der Waals surface area (Å²) >= 11 is 5.89. The molecule has 0 saturated carbocycles. The Morgan fingerprint density at radius 2 is 2.23 bits per heavy atom. The second-order valence-corrected chi connectivity index (χ2v) is 7.16. The van der Waals surface area contributed by atoms with Gasteiger partial charge in [0, 0.05) is 18.1 Å². The van der Waals surface area contributed by atoms with Crippen LogP contribution < -0.4 is 15.2 Å². The Hall–Kier alpha value is -1.51. The monoisotopic (exact) mass is 347 g/mol. The number of halogens is 1. The van der Waals surface area contributed by atoms with E-state index < -0.39 is 22.0 Å². The number of methoxy groups -OCH3 is 1. The maximum Gasteiger partial charge on any atom is 0.301 e. The molecule has 1 aromatic carbocycles. The van der Waals surface area contributed by atoms with Gasteiger partial charge in [-0.15, -0.1) is 0 Å². The molecule has 0 aromatic heterocycles. The highest BCUT2D eigenvalue weighted by atomic mass is 35.5. The number of nitrogens with zero attached hydrogens (tertiary/aromatic N) is 1. The average Bonchev–Trinajstić information content (AvgIpc) is 2.47. The Morgan fingerprint density at radius 3 is 2.86 bits per heavy atom. The second-order valence-electron chi connectivity index (χ2n) is 5.05. The van der Waals surface area contributed by atoms with Gasteiger partial charge in [0.15, 0.2) is 0 Å². The molecule has 2 rings (SSSR count). The van der Waals surface area contributed by atoms with Crippen LogP contribution in [0.25, 0.3) is 0 Å². The number of hydrogen-bond acceptors (Lipinski definition) is 4. The Balaban J connectivity index is 2.21. The molecule has 1 aliphatic heterocycles. The van der Waals surface area contributed by atoms with Crippen LogP contribution in [0.1, 0.15) is 12.8 Å². The molecule has 0 unspecified atom stereocenters. The SMILES string of the molecule is COc1ccc(Cl)cc1NS(=O)(=O)N1CCC[C@H](C(N)=O)C1. The first-order valence-corrected chi connectivity index (χ1v) is 8.56. The average molecular weight is 348 g/mol. The van der Waals surface area contributed by atoms with Gasteiger partial charge in [0.25, 0.3) is 0 Å². The van der Waals surface area contributed by atoms with E-state index in [4.69, 9.17) is 22.1 Å². The molecule has 22 heavy (non-hydrogen) atoms. The van der Waals surface area contributed by atoms with E-state index in [1.165, 1.54) is 17.5 Å². The summed E-state index contributed by atoms with van der Waals surface area (Å²) in [6, 6.07) is 4.64. The zero-order valence-electron chi connectivity index (χ0n) is 12.1. The van der Waals surface area contributed by atoms with Crippen LogP contribution in [0.15, 0.2) is 18.2 Å². The normalized spacial score (nSPS) is 19.6. The van der Waals surface area contributed by atoms with Crippen molar-refractivity contribution in [3.05, 3.63) is 23.2 Å². The van der Waals surface area contributed by atoms with Crippen molar-refractivity contribution in [2.75, 3.05) is 24.9 Å². The highest BCUT2D eigenvalue weighted by molar-refractivity contribution is 7.90. The molecule has 1 aliphatic rings. The van der Waals surface area contributed by atoms with Crippen LogP contribution in [0.4, 0.5) is 5.69 Å². The number of nitrogens with two attached hydrogens (primary N) is 1. The molecule has 0 radical (unpaired) electrons. The van der Waals surface area contributed by atoms with E-state index in [1.807, 2.05) is 0 Å². The summed E-state index contributed by atoms with van der Waals surface area (Å²) in [4.78, 5) is 11.3. The van der Waals surface area contributed by atoms with E-state index in [0.29, 0.717) is 30.2 Å². The minimum absolute atomic E-state index is 0.0769. The highest BCUT2D eigenvalue weighted by Gasteiger charge is 2.31. The predicted molar refractivity (Wildman–Crippen MR) is 84.0 cm³/mol. The number of carbonyl (C=O) groups is 1. The Kier molecular flexibility index (Phi) is 5.15. The molecule has 122 valence electrons. The number of ether oxygens (including phenoxy) is 1. The van der Waals surface area contributed by atoms with Crippen molar-refractivity contribution in [2.24, 2.45) is 11.7 Å². The standard InChI is InChI=1S/C13H18ClN3O4S/c1-21-12-5-4-10(14)7-11(12)16-22(19,20)17-6-2-3-9(8-17)13(15)18/h4-5,7,9,16H,2-3,6,8H2,1H3,(H2,15,18)/t9-/m0/s1. The first-order valence-electron chi connectivity index (χ1n) is 6.74. The first kappa shape index (κ1) is 16.9. The van der Waals surface area contributed by atoms with Crippen LogP contribution in [0.2, 0.25) is 5.02 Å². The Morgan fingerprint density at radius 1 is 1.50 bits per heavy atom. The van der Waals surface area contributed by atoms with Gasteiger partial charge in [0.05, 0.1) is 18.7 Å². The van der Waals surface area contributed by atoms with Gasteiger partial charge in [-0.25, -0.2) is 0 Å². The molecule has 9 heteroatoms. The summed E-state index contributed by atoms with van der Waals surface area (Å²) in [5.41, 5.74) is 5.52. The second kappa shape index (κ2) is 6.72. The lowest BCUT2D eigenvalue weighted by Crippen LogP contribution is -2.46. The van der Waals surface area contributed by atoms with E-state index in [9.17, 15) is 13.2 Å². The molecule has 0 aliphatic carbocycles. The van der Waals surface area contributed by atoms with Gasteiger partial charge in [-0.1, -0.05) is 11.6 Å². The molecule has 1 amide bonds. The predicted octanol–water partition coefficient (Wildman–Crippen LogP) is 1.20. The van der Waals surface area contributed by atoms with E-state index in [1.54, 1.807) is 12.1 Å². The number of benzene rings is 1. The van der Waals surface area contributed by atoms with E-state index in [0.717, 1.165) is 0 Å². The molecule has 1 heterocycles. The molecule has 1 atom stereocenters. The maximum absolute atomic E-state index is 12.5. The molecule has 0 bridgehead atoms. The Bertz CT molecular complexity index is 665. The van der Waals surface area contributed by atoms with Crippen molar-refractivity contribution in [3.8, 4) is 5.75 Å². The van der Waals surface area contributed by atoms with Gasteiger partial charge < -0.3 is 10.5 Å². The summed E-state index contributed by atoms with van der Waals surface area (Å²) in [6.07, 6.45) is 1.18. The van der Waals surface area contributed by atoms with E-state index >= 15 is 0 Å². The number of hydrogen-bond donors (Lipinski definition) is 2. The van der Waals surface area contributed by atoms with Crippen molar-refractivity contribution >= 4 is 33.4 Å². The molecular formula is C13H18ClN3O4S. The summed E-state index contributed by atoms with van der Waals surface area (Å²) in [5.74, 6) is -0.594. The van der Waals surface area contributed by atoms with Crippen molar-refractivity contribution < 1.29 is 17.9 Å². The highest BCUT2D eigenvalue weighted by Crippen LogP contribution is 2.29. The van der Waals surface area contributed by atoms with Gasteiger partial charge in [0.2, 0.25) is 5.91 Å². The fourth-order valence-electron chi connectivity index (χ4n) is 2.36. The third-order valence-corrected chi connectivity index (χ3v) is 5.25. The van der Waals surface area contributed by atoms with Gasteiger partial charge in [0.1, 0.15) is 5.75 Å². The first-order chi connectivity index (χ1) is 10.3. The number of anilines is 1. The summed E-state index contributed by atoms with van der Waals surface area (Å²) < 4.78 is 33.7. The van der Waals surface area contributed by atoms with Crippen molar-refractivity contribution in [1.29, 1.82) is 0 Å². The lowest BCUT2D eigenvalue weighted by molar-refractivity contribution is -0.122. The number of primary amides is 1. The van der Waals surface area contributed by atoms with Crippen LogP contribution in [0.3, 0.4) is 0 Å². The topological polar surface area (TPSA) is 102 Å². The van der Waals surface area contributed by atoms with Crippen LogP contribution in [0.5, 0.6) is 5.75 Å². The number of nitrogens with one attached hydrogen (secondary N) is 1. The maximum atomic E-state index is 12.5. The number of rotatable bonds is 5. The van der Waals surface area contributed by atoms with Crippen molar-refractivity contribution in [1.82, 2.24) is 4.31 Å². The van der Waals surface area contributed by atoms with Crippen LogP contribution in [0, 0.1) is 5.92 Å². The summed E-state index contributed by atoms with van der Waals surface area (Å²) in [7, 11) is -2.38. The summed E-state index contributed by atoms with van der Waals surface area (Å²) in [5, 5.41) is 0.382. The lowest BCUT2D eigenvalue weighted by Gasteiger charge is -2.30. The van der Waals surface area contributed by atoms with E-state index in [2.05, 4.69) is 4.72 Å². The third kappa shape index (κ3) is 3.82. The van der Waals surface area contributed by atoms with Crippen LogP contribution >= 0.6 is 11.6 Å². The quantitative estimate of drug-likeness (QED) is 0.835. The molecule has 3 N–H and O–H groups in total. The fraction of sp³-hybridized carbons (Fsp3) is 0.462. The van der Waals surface area contributed by atoms with Gasteiger partial charge in [-0.05, 0) is 31.0 Å². The number of piperidine rings is 1. The number of carbonyl (C=O) groups excluding carboxylic acids is 1. The molecule has 0 spiro atoms. The van der Waals surface area contributed by atoms with Crippen LogP contribution in [-0.4, -0.2) is 38.8 Å². The molecular weight excluding hydrogens is 330 g/mol. The molecule has 1 saturated heterocycles. The molecule has 7 nitrogen and oxygen atoms in total. The minimum atomic E-state index is -3.82. The summed E-state index contributed by atoms with van der Waals surface area (Å²) in [6.45, 7) is 0.412. The molecule has 1 aromatic rings. The van der Waals surface area contributed by atoms with Gasteiger partial charge in [-0.3, -0.25) is 9.52 Å². The molecule has 1 fully saturated rings.